The highest BCUT2D eigenvalue weighted by Crippen LogP contribution is 2.12. The second-order valence-corrected chi connectivity index (χ2v) is 5.27. The van der Waals surface area contributed by atoms with Crippen molar-refractivity contribution >= 4 is 12.1 Å². The first kappa shape index (κ1) is 16.7. The van der Waals surface area contributed by atoms with Crippen LogP contribution in [-0.2, 0) is 9.53 Å². The van der Waals surface area contributed by atoms with Crippen LogP contribution >= 0.6 is 0 Å². The van der Waals surface area contributed by atoms with Gasteiger partial charge in [-0.05, 0) is 27.2 Å². The monoisotopic (exact) mass is 261 g/mol. The number of amides is 1. The van der Waals surface area contributed by atoms with Gasteiger partial charge in [-0.3, -0.25) is 4.79 Å². The first-order valence-electron chi connectivity index (χ1n) is 5.71. The number of aliphatic carboxylic acids is 1. The molecule has 106 valence electrons. The zero-order valence-electron chi connectivity index (χ0n) is 11.2. The molecule has 0 aromatic carbocycles. The molecule has 0 saturated carbocycles. The molecule has 1 fully saturated rings. The van der Waals surface area contributed by atoms with Gasteiger partial charge in [-0.1, -0.05) is 0 Å². The van der Waals surface area contributed by atoms with Crippen molar-refractivity contribution in [1.29, 1.82) is 0 Å². The van der Waals surface area contributed by atoms with Gasteiger partial charge in [0.1, 0.15) is 5.60 Å². The summed E-state index contributed by atoms with van der Waals surface area (Å²) in [4.78, 5) is 22.3. The standard InChI is InChI=1S/C11H20N2O4.H3N/c1-11(2,3)17-10(16)13-8-4-7(9(14)15)5-12-6-8;/h7-8,12H,4-6H2,1-3H3,(H,13,16)(H,14,15);1H3. The molecule has 0 aliphatic carbocycles. The van der Waals surface area contributed by atoms with Gasteiger partial charge < -0.3 is 26.6 Å². The van der Waals surface area contributed by atoms with Crippen LogP contribution < -0.4 is 16.8 Å². The van der Waals surface area contributed by atoms with E-state index in [4.69, 9.17) is 9.84 Å². The van der Waals surface area contributed by atoms with Gasteiger partial charge >= 0.3 is 12.1 Å². The van der Waals surface area contributed by atoms with Crippen molar-refractivity contribution in [2.45, 2.75) is 38.8 Å². The molecule has 2 unspecified atom stereocenters. The van der Waals surface area contributed by atoms with E-state index in [0.717, 1.165) is 0 Å². The molecule has 18 heavy (non-hydrogen) atoms. The highest BCUT2D eigenvalue weighted by atomic mass is 16.6. The summed E-state index contributed by atoms with van der Waals surface area (Å²) < 4.78 is 5.11. The number of piperidine rings is 1. The number of carboxylic acids is 1. The van der Waals surface area contributed by atoms with Gasteiger partial charge in [0.05, 0.1) is 5.92 Å². The van der Waals surface area contributed by atoms with Gasteiger partial charge in [-0.25, -0.2) is 4.79 Å². The molecular formula is C11H23N3O4. The van der Waals surface area contributed by atoms with Crippen LogP contribution in [0.5, 0.6) is 0 Å². The van der Waals surface area contributed by atoms with E-state index in [0.29, 0.717) is 19.5 Å². The summed E-state index contributed by atoms with van der Waals surface area (Å²) in [7, 11) is 0. The SMILES string of the molecule is CC(C)(C)OC(=O)NC1CNCC(C(=O)O)C1.N. The lowest BCUT2D eigenvalue weighted by molar-refractivity contribution is -0.142. The number of ether oxygens (including phenoxy) is 1. The van der Waals surface area contributed by atoms with Crippen LogP contribution in [0.4, 0.5) is 4.79 Å². The minimum Gasteiger partial charge on any atom is -0.481 e. The van der Waals surface area contributed by atoms with Crippen molar-refractivity contribution in [3.05, 3.63) is 0 Å². The maximum atomic E-state index is 11.5. The van der Waals surface area contributed by atoms with Gasteiger partial charge in [-0.15, -0.1) is 0 Å². The lowest BCUT2D eigenvalue weighted by Gasteiger charge is -2.29. The average Bonchev–Trinajstić information content (AvgIpc) is 2.14. The zero-order valence-corrected chi connectivity index (χ0v) is 11.2. The topological polar surface area (TPSA) is 123 Å². The number of carbonyl (C=O) groups excluding carboxylic acids is 1. The van der Waals surface area contributed by atoms with Crippen LogP contribution in [0.1, 0.15) is 27.2 Å². The molecule has 1 heterocycles. The Morgan fingerprint density at radius 1 is 1.33 bits per heavy atom. The van der Waals surface area contributed by atoms with Crippen molar-refractivity contribution in [2.75, 3.05) is 13.1 Å². The van der Waals surface area contributed by atoms with E-state index in [-0.39, 0.29) is 12.2 Å². The molecule has 0 aromatic rings. The van der Waals surface area contributed by atoms with Crippen LogP contribution in [0.3, 0.4) is 0 Å². The molecule has 1 aliphatic heterocycles. The van der Waals surface area contributed by atoms with E-state index in [9.17, 15) is 9.59 Å². The Morgan fingerprint density at radius 3 is 2.44 bits per heavy atom. The normalized spacial score (nSPS) is 23.7. The Morgan fingerprint density at radius 2 is 1.94 bits per heavy atom. The minimum absolute atomic E-state index is 0. The van der Waals surface area contributed by atoms with E-state index >= 15 is 0 Å². The molecule has 7 nitrogen and oxygen atoms in total. The largest absolute Gasteiger partial charge is 0.481 e. The van der Waals surface area contributed by atoms with Crippen molar-refractivity contribution in [2.24, 2.45) is 5.92 Å². The molecule has 1 aliphatic rings. The van der Waals surface area contributed by atoms with Crippen molar-refractivity contribution in [1.82, 2.24) is 16.8 Å². The summed E-state index contributed by atoms with van der Waals surface area (Å²) in [5.74, 6) is -1.29. The Labute approximate surface area is 107 Å². The fraction of sp³-hybridized carbons (Fsp3) is 0.818. The molecule has 1 amide bonds. The lowest BCUT2D eigenvalue weighted by Crippen LogP contribution is -2.51. The number of carbonyl (C=O) groups is 2. The highest BCUT2D eigenvalue weighted by molar-refractivity contribution is 5.71. The molecule has 7 heteroatoms. The predicted molar refractivity (Wildman–Crippen MR) is 66.8 cm³/mol. The lowest BCUT2D eigenvalue weighted by atomic mass is 9.96. The Kier molecular flexibility index (Phi) is 6.07. The fourth-order valence-electron chi connectivity index (χ4n) is 1.71. The fourth-order valence-corrected chi connectivity index (χ4v) is 1.71. The molecule has 6 N–H and O–H groups in total. The third kappa shape index (κ3) is 5.83. The van der Waals surface area contributed by atoms with Gasteiger partial charge in [0.15, 0.2) is 0 Å². The molecule has 1 saturated heterocycles. The Hall–Kier alpha value is -1.34. The quantitative estimate of drug-likeness (QED) is 0.581. The van der Waals surface area contributed by atoms with Gasteiger partial charge in [0.25, 0.3) is 0 Å². The molecule has 0 bridgehead atoms. The number of hydrogen-bond donors (Lipinski definition) is 4. The van der Waals surface area contributed by atoms with E-state index in [1.807, 2.05) is 0 Å². The molecule has 0 aromatic heterocycles. The maximum absolute atomic E-state index is 11.5. The Bertz CT molecular complexity index is 301. The van der Waals surface area contributed by atoms with E-state index < -0.39 is 23.6 Å². The summed E-state index contributed by atoms with van der Waals surface area (Å²) >= 11 is 0. The van der Waals surface area contributed by atoms with Crippen molar-refractivity contribution < 1.29 is 19.4 Å². The Balaban J connectivity index is 0.00000289. The first-order chi connectivity index (χ1) is 7.78. The molecule has 1 rings (SSSR count). The van der Waals surface area contributed by atoms with Crippen LogP contribution in [0.2, 0.25) is 0 Å². The third-order valence-electron chi connectivity index (χ3n) is 2.42. The van der Waals surface area contributed by atoms with E-state index in [1.165, 1.54) is 0 Å². The third-order valence-corrected chi connectivity index (χ3v) is 2.42. The maximum Gasteiger partial charge on any atom is 0.407 e. The average molecular weight is 261 g/mol. The van der Waals surface area contributed by atoms with Crippen LogP contribution in [0, 0.1) is 5.92 Å². The van der Waals surface area contributed by atoms with Gasteiger partial charge in [-0.2, -0.15) is 0 Å². The molecule has 2 atom stereocenters. The highest BCUT2D eigenvalue weighted by Gasteiger charge is 2.28. The van der Waals surface area contributed by atoms with Crippen LogP contribution in [0.25, 0.3) is 0 Å². The van der Waals surface area contributed by atoms with E-state index in [2.05, 4.69) is 10.6 Å². The van der Waals surface area contributed by atoms with Crippen molar-refractivity contribution in [3.8, 4) is 0 Å². The number of nitrogens with one attached hydrogen (secondary N) is 2. The van der Waals surface area contributed by atoms with E-state index in [1.54, 1.807) is 20.8 Å². The summed E-state index contributed by atoms with van der Waals surface area (Å²) in [6, 6.07) is -0.195. The summed E-state index contributed by atoms with van der Waals surface area (Å²) in [6.45, 7) is 6.37. The summed E-state index contributed by atoms with van der Waals surface area (Å²) in [5.41, 5.74) is -0.543. The van der Waals surface area contributed by atoms with Gasteiger partial charge in [0, 0.05) is 19.1 Å². The second-order valence-electron chi connectivity index (χ2n) is 5.27. The molecular weight excluding hydrogens is 238 g/mol. The summed E-state index contributed by atoms with van der Waals surface area (Å²) in [5, 5.41) is 14.5. The van der Waals surface area contributed by atoms with Crippen molar-refractivity contribution in [3.63, 3.8) is 0 Å². The molecule has 0 radical (unpaired) electrons. The molecule has 0 spiro atoms. The number of alkyl carbamates (subject to hydrolysis) is 1. The number of carboxylic acid groups (broad SMARTS) is 1. The van der Waals surface area contributed by atoms with Crippen LogP contribution in [0.15, 0.2) is 0 Å². The second kappa shape index (κ2) is 6.55. The summed E-state index contributed by atoms with van der Waals surface area (Å²) in [6.07, 6.45) is -0.0722. The number of hydrogen-bond acceptors (Lipinski definition) is 5. The predicted octanol–water partition coefficient (Wildman–Crippen LogP) is 0.736. The zero-order chi connectivity index (χ0) is 13.1. The van der Waals surface area contributed by atoms with Crippen LogP contribution in [-0.4, -0.2) is 41.9 Å². The number of rotatable bonds is 2. The minimum atomic E-state index is -0.840. The first-order valence-corrected chi connectivity index (χ1v) is 5.71. The van der Waals surface area contributed by atoms with Gasteiger partial charge in [0.2, 0.25) is 0 Å². The smallest absolute Gasteiger partial charge is 0.407 e.